The van der Waals surface area contributed by atoms with Crippen molar-refractivity contribution in [1.82, 2.24) is 0 Å². The van der Waals surface area contributed by atoms with Gasteiger partial charge in [0, 0.05) is 27.8 Å². The van der Waals surface area contributed by atoms with Crippen LogP contribution >= 0.6 is 0 Å². The van der Waals surface area contributed by atoms with Gasteiger partial charge in [-0.2, -0.15) is 0 Å². The molecular weight excluding hydrogens is 771 g/mol. The topological polar surface area (TPSA) is 3.24 Å². The zero-order valence-corrected chi connectivity index (χ0v) is 36.6. The summed E-state index contributed by atoms with van der Waals surface area (Å²) in [4.78, 5) is 2.48. The summed E-state index contributed by atoms with van der Waals surface area (Å²) in [5.41, 5.74) is 23.0. The van der Waals surface area contributed by atoms with Crippen molar-refractivity contribution in [2.24, 2.45) is 0 Å². The van der Waals surface area contributed by atoms with Gasteiger partial charge in [-0.1, -0.05) is 190 Å². The zero-order valence-electron chi connectivity index (χ0n) is 36.6. The number of hydrogen-bond acceptors (Lipinski definition) is 1. The third kappa shape index (κ3) is 5.91. The monoisotopic (exact) mass is 819 g/mol. The van der Waals surface area contributed by atoms with Crippen LogP contribution in [0.3, 0.4) is 0 Å². The highest BCUT2D eigenvalue weighted by Gasteiger charge is 2.41. The molecule has 0 aromatic heterocycles. The summed E-state index contributed by atoms with van der Waals surface area (Å²) in [7, 11) is 0. The third-order valence-corrected chi connectivity index (χ3v) is 14.6. The lowest BCUT2D eigenvalue weighted by Crippen LogP contribution is -2.22. The molecule has 0 saturated heterocycles. The lowest BCUT2D eigenvalue weighted by atomic mass is 9.74. The first kappa shape index (κ1) is 38.2. The van der Waals surface area contributed by atoms with Gasteiger partial charge in [0.05, 0.1) is 5.69 Å². The summed E-state index contributed by atoms with van der Waals surface area (Å²) in [6.07, 6.45) is 6.90. The van der Waals surface area contributed by atoms with E-state index in [-0.39, 0.29) is 10.8 Å². The van der Waals surface area contributed by atoms with E-state index >= 15 is 0 Å². The highest BCUT2D eigenvalue weighted by molar-refractivity contribution is 5.98. The lowest BCUT2D eigenvalue weighted by molar-refractivity contribution is 0.651. The van der Waals surface area contributed by atoms with E-state index in [0.29, 0.717) is 0 Å². The molecule has 0 fully saturated rings. The zero-order chi connectivity index (χ0) is 43.0. The largest absolute Gasteiger partial charge is 0.310 e. The summed E-state index contributed by atoms with van der Waals surface area (Å²) in [6, 6.07) is 76.8. The molecule has 0 bridgehead atoms. The average Bonchev–Trinajstić information content (AvgIpc) is 3.76. The summed E-state index contributed by atoms with van der Waals surface area (Å²) >= 11 is 0. The second-order valence-corrected chi connectivity index (χ2v) is 18.5. The summed E-state index contributed by atoms with van der Waals surface area (Å²) in [5, 5.41) is 2.50. The summed E-state index contributed by atoms with van der Waals surface area (Å²) in [5.74, 6) is 0. The maximum absolute atomic E-state index is 2.48. The Morgan fingerprint density at radius 3 is 1.92 bits per heavy atom. The second kappa shape index (κ2) is 14.8. The number of nitrogens with zero attached hydrogens (tertiary/aromatic N) is 1. The van der Waals surface area contributed by atoms with Crippen molar-refractivity contribution < 1.29 is 0 Å². The van der Waals surface area contributed by atoms with E-state index in [2.05, 4.69) is 244 Å². The molecule has 0 radical (unpaired) electrons. The van der Waals surface area contributed by atoms with E-state index < -0.39 is 0 Å². The first-order chi connectivity index (χ1) is 31.4. The van der Waals surface area contributed by atoms with Gasteiger partial charge in [0.2, 0.25) is 0 Å². The van der Waals surface area contributed by atoms with Crippen molar-refractivity contribution in [3.8, 4) is 44.5 Å². The molecule has 0 N–H and O–H groups in total. The number of para-hydroxylation sites is 1. The Kier molecular flexibility index (Phi) is 8.85. The van der Waals surface area contributed by atoms with Crippen LogP contribution in [-0.4, -0.2) is 0 Å². The first-order valence-corrected chi connectivity index (χ1v) is 22.8. The molecule has 1 nitrogen and oxygen atoms in total. The number of rotatable bonds is 7. The molecule has 0 spiro atoms. The predicted molar refractivity (Wildman–Crippen MR) is 271 cm³/mol. The van der Waals surface area contributed by atoms with E-state index in [1.165, 1.54) is 94.2 Å². The number of fused-ring (bicyclic) bond motifs is 6. The molecule has 3 aliphatic carbocycles. The Morgan fingerprint density at radius 2 is 1.06 bits per heavy atom. The van der Waals surface area contributed by atoms with Crippen molar-refractivity contribution in [3.05, 3.63) is 252 Å². The Labute approximate surface area is 377 Å². The molecule has 9 aromatic carbocycles. The fraction of sp³-hybridized carbons (Fsp3) is 0.111. The third-order valence-electron chi connectivity index (χ3n) is 14.6. The van der Waals surface area contributed by atoms with Crippen LogP contribution in [0.5, 0.6) is 0 Å². The SMILES string of the molecule is CC1(C)C2=C(CCC=C2)c2c(-c3ccccc3N(c3ccc(-c4ccc5c(c4)-c4ccccc4C5(C)c4ccccc4)cc3)c3cccc(-c4ccc5ccccc5c4)c3)cccc21. The Hall–Kier alpha value is -7.48. The minimum absolute atomic E-state index is 0.0456. The first-order valence-electron chi connectivity index (χ1n) is 22.8. The van der Waals surface area contributed by atoms with E-state index in [4.69, 9.17) is 0 Å². The number of allylic oxidation sites excluding steroid dienone is 4. The lowest BCUT2D eigenvalue weighted by Gasteiger charge is -2.29. The second-order valence-electron chi connectivity index (χ2n) is 18.5. The van der Waals surface area contributed by atoms with Gasteiger partial charge in [0.25, 0.3) is 0 Å². The maximum atomic E-state index is 2.48. The molecule has 9 aromatic rings. The predicted octanol–water partition coefficient (Wildman–Crippen LogP) is 17.0. The standard InChI is InChI=1S/C63H49N/c1-62(2)56-27-12-10-25-54(56)61-53(26-16-29-59(61)62)52-24-11-14-30-60(52)64(50-22-15-19-45(40-50)46-32-31-42-17-7-8-18-44(42)39-46)49-36-33-43(34-37-49)47-35-38-58-55(41-47)51-23-9-13-28-57(51)63(58,3)48-20-5-4-6-21-48/h4-9,11-24,26-41H,10,25H2,1-3H3. The molecule has 306 valence electrons. The van der Waals surface area contributed by atoms with Gasteiger partial charge in [-0.3, -0.25) is 0 Å². The van der Waals surface area contributed by atoms with Crippen LogP contribution in [0.25, 0.3) is 60.9 Å². The summed E-state index contributed by atoms with van der Waals surface area (Å²) in [6.45, 7) is 7.18. The van der Waals surface area contributed by atoms with Crippen molar-refractivity contribution in [3.63, 3.8) is 0 Å². The molecule has 0 amide bonds. The minimum atomic E-state index is -0.217. The molecule has 1 atom stereocenters. The highest BCUT2D eigenvalue weighted by atomic mass is 15.1. The fourth-order valence-electron chi connectivity index (χ4n) is 11.4. The van der Waals surface area contributed by atoms with Crippen LogP contribution in [0.15, 0.2) is 224 Å². The Balaban J connectivity index is 1.000. The molecule has 0 heterocycles. The van der Waals surface area contributed by atoms with Crippen LogP contribution in [0, 0.1) is 0 Å². The van der Waals surface area contributed by atoms with Crippen molar-refractivity contribution in [1.29, 1.82) is 0 Å². The van der Waals surface area contributed by atoms with Crippen LogP contribution in [-0.2, 0) is 10.8 Å². The molecule has 0 saturated carbocycles. The van der Waals surface area contributed by atoms with Crippen molar-refractivity contribution in [2.45, 2.75) is 44.4 Å². The van der Waals surface area contributed by atoms with E-state index in [1.54, 1.807) is 0 Å². The fourth-order valence-corrected chi connectivity index (χ4v) is 11.4. The van der Waals surface area contributed by atoms with Gasteiger partial charge in [0.1, 0.15) is 0 Å². The quantitative estimate of drug-likeness (QED) is 0.155. The molecule has 64 heavy (non-hydrogen) atoms. The smallest absolute Gasteiger partial charge is 0.0540 e. The maximum Gasteiger partial charge on any atom is 0.0540 e. The molecular formula is C63H49N. The minimum Gasteiger partial charge on any atom is -0.310 e. The van der Waals surface area contributed by atoms with Gasteiger partial charge in [-0.25, -0.2) is 0 Å². The van der Waals surface area contributed by atoms with Crippen molar-refractivity contribution >= 4 is 33.4 Å². The van der Waals surface area contributed by atoms with Crippen LogP contribution < -0.4 is 4.90 Å². The van der Waals surface area contributed by atoms with Crippen LogP contribution in [0.4, 0.5) is 17.1 Å². The normalized spacial score (nSPS) is 16.6. The Morgan fingerprint density at radius 1 is 0.422 bits per heavy atom. The number of anilines is 3. The number of hydrogen-bond donors (Lipinski definition) is 0. The van der Waals surface area contributed by atoms with Crippen LogP contribution in [0.1, 0.15) is 61.4 Å². The molecule has 3 aliphatic rings. The molecule has 1 heteroatoms. The number of benzene rings is 9. The van der Waals surface area contributed by atoms with Gasteiger partial charge in [-0.05, 0) is 151 Å². The average molecular weight is 820 g/mol. The van der Waals surface area contributed by atoms with E-state index in [9.17, 15) is 0 Å². The van der Waals surface area contributed by atoms with Gasteiger partial charge in [0.15, 0.2) is 0 Å². The van der Waals surface area contributed by atoms with Gasteiger partial charge in [-0.15, -0.1) is 0 Å². The summed E-state index contributed by atoms with van der Waals surface area (Å²) < 4.78 is 0. The van der Waals surface area contributed by atoms with Gasteiger partial charge < -0.3 is 4.90 Å². The van der Waals surface area contributed by atoms with Crippen LogP contribution in [0.2, 0.25) is 0 Å². The van der Waals surface area contributed by atoms with Gasteiger partial charge >= 0.3 is 0 Å². The molecule has 1 unspecified atom stereocenters. The molecule has 12 rings (SSSR count). The van der Waals surface area contributed by atoms with E-state index in [1.807, 2.05) is 0 Å². The van der Waals surface area contributed by atoms with E-state index in [0.717, 1.165) is 29.9 Å². The highest BCUT2D eigenvalue weighted by Crippen LogP contribution is 2.55. The Bertz CT molecular complexity index is 3360. The molecule has 0 aliphatic heterocycles. The van der Waals surface area contributed by atoms with Crippen molar-refractivity contribution in [2.75, 3.05) is 4.90 Å².